The molecule has 1 aromatic heterocycles. The first-order valence-electron chi connectivity index (χ1n) is 8.91. The van der Waals surface area contributed by atoms with E-state index in [-0.39, 0.29) is 0 Å². The van der Waals surface area contributed by atoms with Crippen LogP contribution in [-0.2, 0) is 6.42 Å². The van der Waals surface area contributed by atoms with Gasteiger partial charge >= 0.3 is 0 Å². The maximum atomic E-state index is 4.44. The number of hydrogen-bond acceptors (Lipinski definition) is 2. The van der Waals surface area contributed by atoms with Crippen molar-refractivity contribution in [2.75, 3.05) is 13.6 Å². The number of guanidine groups is 1. The predicted octanol–water partition coefficient (Wildman–Crippen LogP) is 2.91. The van der Waals surface area contributed by atoms with E-state index in [1.165, 1.54) is 37.7 Å². The molecule has 1 heterocycles. The molecule has 5 nitrogen and oxygen atoms in total. The van der Waals surface area contributed by atoms with Crippen LogP contribution in [0.25, 0.3) is 5.69 Å². The molecule has 0 aliphatic heterocycles. The molecule has 0 radical (unpaired) electrons. The summed E-state index contributed by atoms with van der Waals surface area (Å²) in [5, 5.41) is 11.4. The topological polar surface area (TPSA) is 54.2 Å². The van der Waals surface area contributed by atoms with Crippen molar-refractivity contribution in [2.45, 2.75) is 44.6 Å². The second-order valence-electron chi connectivity index (χ2n) is 6.36. The number of aliphatic imine (C=N–C) groups is 1. The molecule has 1 aliphatic carbocycles. The highest BCUT2D eigenvalue weighted by Crippen LogP contribution is 2.17. The van der Waals surface area contributed by atoms with Gasteiger partial charge in [-0.1, -0.05) is 37.5 Å². The van der Waals surface area contributed by atoms with Gasteiger partial charge in [-0.3, -0.25) is 4.99 Å². The van der Waals surface area contributed by atoms with Crippen LogP contribution in [0.2, 0.25) is 0 Å². The second-order valence-corrected chi connectivity index (χ2v) is 6.36. The smallest absolute Gasteiger partial charge is 0.191 e. The molecule has 24 heavy (non-hydrogen) atoms. The molecule has 1 aliphatic rings. The van der Waals surface area contributed by atoms with Crippen molar-refractivity contribution in [3.8, 4) is 5.69 Å². The summed E-state index contributed by atoms with van der Waals surface area (Å²) in [6, 6.07) is 10.8. The van der Waals surface area contributed by atoms with Crippen LogP contribution in [0.3, 0.4) is 0 Å². The number of benzene rings is 1. The van der Waals surface area contributed by atoms with Gasteiger partial charge < -0.3 is 10.6 Å². The van der Waals surface area contributed by atoms with Gasteiger partial charge in [-0.25, -0.2) is 4.68 Å². The summed E-state index contributed by atoms with van der Waals surface area (Å²) in [6.45, 7) is 0.854. The summed E-state index contributed by atoms with van der Waals surface area (Å²) in [5.74, 6) is 0.914. The maximum absolute atomic E-state index is 4.44. The highest BCUT2D eigenvalue weighted by molar-refractivity contribution is 5.79. The lowest BCUT2D eigenvalue weighted by atomic mass is 9.96. The summed E-state index contributed by atoms with van der Waals surface area (Å²) in [6.07, 6.45) is 11.5. The van der Waals surface area contributed by atoms with E-state index in [0.29, 0.717) is 6.04 Å². The molecule has 0 amide bonds. The lowest BCUT2D eigenvalue weighted by Crippen LogP contribution is -2.44. The lowest BCUT2D eigenvalue weighted by Gasteiger charge is -2.24. The van der Waals surface area contributed by atoms with E-state index in [9.17, 15) is 0 Å². The quantitative estimate of drug-likeness (QED) is 0.656. The standard InChI is InChI=1S/C19H27N5/c1-20-19(23-17-8-4-2-5-9-17)21-13-12-16-14-22-24(15-16)18-10-6-3-7-11-18/h3,6-7,10-11,14-15,17H,2,4-5,8-9,12-13H2,1H3,(H2,20,21,23). The number of nitrogens with zero attached hydrogens (tertiary/aromatic N) is 3. The first-order chi connectivity index (χ1) is 11.8. The zero-order valence-corrected chi connectivity index (χ0v) is 14.4. The van der Waals surface area contributed by atoms with Crippen molar-refractivity contribution in [3.05, 3.63) is 48.3 Å². The van der Waals surface area contributed by atoms with Crippen molar-refractivity contribution in [3.63, 3.8) is 0 Å². The van der Waals surface area contributed by atoms with Gasteiger partial charge in [0.25, 0.3) is 0 Å². The summed E-state index contributed by atoms with van der Waals surface area (Å²) in [4.78, 5) is 4.34. The van der Waals surface area contributed by atoms with Gasteiger partial charge in [-0.05, 0) is 37.0 Å². The zero-order valence-electron chi connectivity index (χ0n) is 14.4. The molecule has 1 fully saturated rings. The van der Waals surface area contributed by atoms with E-state index in [0.717, 1.165) is 24.6 Å². The third-order valence-corrected chi connectivity index (χ3v) is 4.53. The Bertz CT molecular complexity index is 641. The van der Waals surface area contributed by atoms with E-state index in [1.54, 1.807) is 0 Å². The highest BCUT2D eigenvalue weighted by atomic mass is 15.3. The molecule has 2 aromatic rings. The third-order valence-electron chi connectivity index (χ3n) is 4.53. The van der Waals surface area contributed by atoms with Crippen LogP contribution >= 0.6 is 0 Å². The molecule has 128 valence electrons. The number of rotatable bonds is 5. The Morgan fingerprint density at radius 3 is 2.75 bits per heavy atom. The normalized spacial score (nSPS) is 16.1. The van der Waals surface area contributed by atoms with Gasteiger partial charge in [-0.15, -0.1) is 0 Å². The van der Waals surface area contributed by atoms with Gasteiger partial charge in [-0.2, -0.15) is 5.10 Å². The second kappa shape index (κ2) is 8.52. The van der Waals surface area contributed by atoms with E-state index in [2.05, 4.69) is 39.1 Å². The maximum Gasteiger partial charge on any atom is 0.191 e. The first kappa shape index (κ1) is 16.6. The Kier molecular flexibility index (Phi) is 5.88. The van der Waals surface area contributed by atoms with Crippen molar-refractivity contribution in [2.24, 2.45) is 4.99 Å². The molecule has 0 bridgehead atoms. The number of hydrogen-bond donors (Lipinski definition) is 2. The van der Waals surface area contributed by atoms with E-state index >= 15 is 0 Å². The minimum absolute atomic E-state index is 0.575. The Morgan fingerprint density at radius 2 is 2.00 bits per heavy atom. The summed E-state index contributed by atoms with van der Waals surface area (Å²) < 4.78 is 1.92. The Hall–Kier alpha value is -2.30. The van der Waals surface area contributed by atoms with Gasteiger partial charge in [0.15, 0.2) is 5.96 Å². The molecule has 1 aromatic carbocycles. The van der Waals surface area contributed by atoms with Crippen LogP contribution in [0.5, 0.6) is 0 Å². The average Bonchev–Trinajstić information content (AvgIpc) is 3.11. The monoisotopic (exact) mass is 325 g/mol. The van der Waals surface area contributed by atoms with Gasteiger partial charge in [0.1, 0.15) is 0 Å². The van der Waals surface area contributed by atoms with Crippen LogP contribution in [0.1, 0.15) is 37.7 Å². The molecule has 1 saturated carbocycles. The molecule has 5 heteroatoms. The number of nitrogens with one attached hydrogen (secondary N) is 2. The minimum Gasteiger partial charge on any atom is -0.356 e. The van der Waals surface area contributed by atoms with Crippen LogP contribution in [0.4, 0.5) is 0 Å². The Morgan fingerprint density at radius 1 is 1.21 bits per heavy atom. The largest absolute Gasteiger partial charge is 0.356 e. The van der Waals surface area contributed by atoms with Crippen LogP contribution in [0.15, 0.2) is 47.7 Å². The number of para-hydroxylation sites is 1. The van der Waals surface area contributed by atoms with Crippen LogP contribution in [-0.4, -0.2) is 35.4 Å². The fourth-order valence-corrected chi connectivity index (χ4v) is 3.17. The summed E-state index contributed by atoms with van der Waals surface area (Å²) in [5.41, 5.74) is 2.31. The molecule has 0 unspecified atom stereocenters. The average molecular weight is 325 g/mol. The van der Waals surface area contributed by atoms with Crippen LogP contribution in [0, 0.1) is 0 Å². The van der Waals surface area contributed by atoms with Crippen LogP contribution < -0.4 is 10.6 Å². The molecule has 0 spiro atoms. The molecule has 0 saturated heterocycles. The lowest BCUT2D eigenvalue weighted by molar-refractivity contribution is 0.410. The molecule has 3 rings (SSSR count). The molecular weight excluding hydrogens is 298 g/mol. The Balaban J connectivity index is 1.46. The number of aromatic nitrogens is 2. The Labute approximate surface area is 144 Å². The van der Waals surface area contributed by atoms with Crippen molar-refractivity contribution in [1.82, 2.24) is 20.4 Å². The SMILES string of the molecule is CN=C(NCCc1cnn(-c2ccccc2)c1)NC1CCCCC1. The van der Waals surface area contributed by atoms with Gasteiger partial charge in [0.2, 0.25) is 0 Å². The molecule has 2 N–H and O–H groups in total. The predicted molar refractivity (Wildman–Crippen MR) is 98.6 cm³/mol. The van der Waals surface area contributed by atoms with Crippen molar-refractivity contribution in [1.29, 1.82) is 0 Å². The van der Waals surface area contributed by atoms with E-state index in [1.807, 2.05) is 36.1 Å². The fraction of sp³-hybridized carbons (Fsp3) is 0.474. The summed E-state index contributed by atoms with van der Waals surface area (Å²) >= 11 is 0. The van der Waals surface area contributed by atoms with Gasteiger partial charge in [0.05, 0.1) is 11.9 Å². The summed E-state index contributed by atoms with van der Waals surface area (Å²) in [7, 11) is 1.84. The molecule has 0 atom stereocenters. The van der Waals surface area contributed by atoms with E-state index in [4.69, 9.17) is 0 Å². The molecular formula is C19H27N5. The zero-order chi connectivity index (χ0) is 16.6. The van der Waals surface area contributed by atoms with Gasteiger partial charge in [0, 0.05) is 25.8 Å². The fourth-order valence-electron chi connectivity index (χ4n) is 3.17. The third kappa shape index (κ3) is 4.60. The minimum atomic E-state index is 0.575. The van der Waals surface area contributed by atoms with E-state index < -0.39 is 0 Å². The van der Waals surface area contributed by atoms with Crippen molar-refractivity contribution < 1.29 is 0 Å². The van der Waals surface area contributed by atoms with Crippen molar-refractivity contribution >= 4 is 5.96 Å². The first-order valence-corrected chi connectivity index (χ1v) is 8.91. The highest BCUT2D eigenvalue weighted by Gasteiger charge is 2.14.